The Labute approximate surface area is 108 Å². The molecule has 100 valence electrons. The molecule has 1 aromatic heterocycles. The molecule has 1 aliphatic rings. The molecule has 1 aromatic rings. The molecular weight excluding hydrogens is 228 g/mol. The van der Waals surface area contributed by atoms with Crippen LogP contribution in [0.2, 0.25) is 0 Å². The molecule has 1 unspecified atom stereocenters. The Hall–Kier alpha value is -1.36. The number of carbonyl (C=O) groups excluding carboxylic acids is 1. The highest BCUT2D eigenvalue weighted by atomic mass is 16.1. The van der Waals surface area contributed by atoms with Gasteiger partial charge < -0.3 is 9.88 Å². The summed E-state index contributed by atoms with van der Waals surface area (Å²) >= 11 is 0. The molecule has 0 aromatic carbocycles. The molecule has 2 rings (SSSR count). The van der Waals surface area contributed by atoms with Gasteiger partial charge in [0.05, 0.1) is 12.5 Å². The van der Waals surface area contributed by atoms with E-state index in [1.807, 2.05) is 12.4 Å². The van der Waals surface area contributed by atoms with E-state index in [9.17, 15) is 4.79 Å². The summed E-state index contributed by atoms with van der Waals surface area (Å²) in [6, 6.07) is 0. The molecule has 1 saturated heterocycles. The van der Waals surface area contributed by atoms with Crippen LogP contribution in [0.25, 0.3) is 0 Å². The van der Waals surface area contributed by atoms with Crippen molar-refractivity contribution in [2.45, 2.75) is 32.9 Å². The van der Waals surface area contributed by atoms with Gasteiger partial charge in [0, 0.05) is 32.5 Å². The van der Waals surface area contributed by atoms with E-state index in [1.54, 1.807) is 7.05 Å². The van der Waals surface area contributed by atoms with E-state index in [0.29, 0.717) is 0 Å². The molecule has 0 saturated carbocycles. The number of hydrogen-bond acceptors (Lipinski definition) is 3. The zero-order valence-corrected chi connectivity index (χ0v) is 11.2. The summed E-state index contributed by atoms with van der Waals surface area (Å²) in [6.45, 7) is 5.86. The predicted octanol–water partition coefficient (Wildman–Crippen LogP) is 0.861. The number of carbonyl (C=O) groups is 1. The fourth-order valence-corrected chi connectivity index (χ4v) is 2.53. The Kier molecular flexibility index (Phi) is 4.36. The van der Waals surface area contributed by atoms with Gasteiger partial charge in [-0.05, 0) is 19.4 Å². The topological polar surface area (TPSA) is 50.2 Å². The molecule has 5 nitrogen and oxygen atoms in total. The van der Waals surface area contributed by atoms with Crippen LogP contribution in [0, 0.1) is 5.92 Å². The van der Waals surface area contributed by atoms with Gasteiger partial charge in [0.1, 0.15) is 5.82 Å². The predicted molar refractivity (Wildman–Crippen MR) is 70.0 cm³/mol. The smallest absolute Gasteiger partial charge is 0.224 e. The van der Waals surface area contributed by atoms with Crippen LogP contribution in [-0.4, -0.2) is 40.5 Å². The Morgan fingerprint density at radius 2 is 2.44 bits per heavy atom. The van der Waals surface area contributed by atoms with Crippen molar-refractivity contribution in [3.05, 3.63) is 18.2 Å². The van der Waals surface area contributed by atoms with Gasteiger partial charge in [0.15, 0.2) is 0 Å². The number of rotatable bonds is 5. The standard InChI is InChI=1S/C13H22N4O/c1-3-6-17-8-5-15-12(17)10-16-7-4-11(9-16)13(18)14-2/h5,8,11H,3-4,6-7,9-10H2,1-2H3,(H,14,18). The molecule has 0 bridgehead atoms. The van der Waals surface area contributed by atoms with Crippen LogP contribution in [0.3, 0.4) is 0 Å². The average molecular weight is 250 g/mol. The summed E-state index contributed by atoms with van der Waals surface area (Å²) in [4.78, 5) is 18.3. The molecule has 2 heterocycles. The second-order valence-electron chi connectivity index (χ2n) is 4.87. The third kappa shape index (κ3) is 2.90. The number of nitrogens with zero attached hydrogens (tertiary/aromatic N) is 3. The molecule has 0 aliphatic carbocycles. The first-order valence-electron chi connectivity index (χ1n) is 6.68. The maximum absolute atomic E-state index is 11.6. The van der Waals surface area contributed by atoms with Crippen molar-refractivity contribution < 1.29 is 4.79 Å². The van der Waals surface area contributed by atoms with E-state index < -0.39 is 0 Å². The fraction of sp³-hybridized carbons (Fsp3) is 0.692. The number of likely N-dealkylation sites (tertiary alicyclic amines) is 1. The second-order valence-corrected chi connectivity index (χ2v) is 4.87. The number of imidazole rings is 1. The number of nitrogens with one attached hydrogen (secondary N) is 1. The lowest BCUT2D eigenvalue weighted by atomic mass is 10.1. The maximum atomic E-state index is 11.6. The van der Waals surface area contributed by atoms with E-state index in [0.717, 1.165) is 44.8 Å². The third-order valence-corrected chi connectivity index (χ3v) is 3.52. The molecule has 0 spiro atoms. The minimum absolute atomic E-state index is 0.143. The summed E-state index contributed by atoms with van der Waals surface area (Å²) in [5.41, 5.74) is 0. The summed E-state index contributed by atoms with van der Waals surface area (Å²) < 4.78 is 2.20. The molecule has 1 amide bonds. The zero-order chi connectivity index (χ0) is 13.0. The van der Waals surface area contributed by atoms with Gasteiger partial charge in [-0.1, -0.05) is 6.92 Å². The van der Waals surface area contributed by atoms with Crippen molar-refractivity contribution in [1.82, 2.24) is 19.8 Å². The van der Waals surface area contributed by atoms with Gasteiger partial charge in [-0.25, -0.2) is 4.98 Å². The molecular formula is C13H22N4O. The van der Waals surface area contributed by atoms with Gasteiger partial charge in [0.25, 0.3) is 0 Å². The van der Waals surface area contributed by atoms with Crippen LogP contribution in [-0.2, 0) is 17.9 Å². The summed E-state index contributed by atoms with van der Waals surface area (Å²) in [5.74, 6) is 1.41. The molecule has 1 N–H and O–H groups in total. The van der Waals surface area contributed by atoms with Crippen LogP contribution >= 0.6 is 0 Å². The first kappa shape index (κ1) is 13.1. The van der Waals surface area contributed by atoms with Gasteiger partial charge in [-0.3, -0.25) is 9.69 Å². The van der Waals surface area contributed by atoms with Gasteiger partial charge >= 0.3 is 0 Å². The van der Waals surface area contributed by atoms with Crippen molar-refractivity contribution in [2.24, 2.45) is 5.92 Å². The van der Waals surface area contributed by atoms with E-state index in [1.165, 1.54) is 0 Å². The van der Waals surface area contributed by atoms with Crippen LogP contribution in [0.15, 0.2) is 12.4 Å². The van der Waals surface area contributed by atoms with Crippen LogP contribution in [0.4, 0.5) is 0 Å². The second kappa shape index (κ2) is 6.00. The van der Waals surface area contributed by atoms with E-state index in [2.05, 4.69) is 26.7 Å². The number of aromatic nitrogens is 2. The van der Waals surface area contributed by atoms with Gasteiger partial charge in [-0.15, -0.1) is 0 Å². The molecule has 1 fully saturated rings. The highest BCUT2D eigenvalue weighted by Gasteiger charge is 2.28. The third-order valence-electron chi connectivity index (χ3n) is 3.52. The molecule has 5 heteroatoms. The van der Waals surface area contributed by atoms with Crippen molar-refractivity contribution in [3.63, 3.8) is 0 Å². The fourth-order valence-electron chi connectivity index (χ4n) is 2.53. The lowest BCUT2D eigenvalue weighted by Gasteiger charge is -2.16. The van der Waals surface area contributed by atoms with Crippen molar-refractivity contribution in [1.29, 1.82) is 0 Å². The highest BCUT2D eigenvalue weighted by Crippen LogP contribution is 2.18. The minimum atomic E-state index is 0.143. The van der Waals surface area contributed by atoms with Gasteiger partial charge in [0.2, 0.25) is 5.91 Å². The largest absolute Gasteiger partial charge is 0.359 e. The minimum Gasteiger partial charge on any atom is -0.359 e. The Balaban J connectivity index is 1.91. The number of aryl methyl sites for hydroxylation is 1. The maximum Gasteiger partial charge on any atom is 0.224 e. The SMILES string of the molecule is CCCn1ccnc1CN1CCC(C(=O)NC)C1. The summed E-state index contributed by atoms with van der Waals surface area (Å²) in [5, 5.41) is 2.73. The average Bonchev–Trinajstić information content (AvgIpc) is 3.00. The molecule has 1 aliphatic heterocycles. The Bertz CT molecular complexity index is 401. The number of hydrogen-bond donors (Lipinski definition) is 1. The normalized spacial score (nSPS) is 20.2. The van der Waals surface area contributed by atoms with Crippen LogP contribution in [0.1, 0.15) is 25.6 Å². The molecule has 0 radical (unpaired) electrons. The Morgan fingerprint density at radius 1 is 1.61 bits per heavy atom. The lowest BCUT2D eigenvalue weighted by Crippen LogP contribution is -2.30. The summed E-state index contributed by atoms with van der Waals surface area (Å²) in [6.07, 6.45) is 5.96. The van der Waals surface area contributed by atoms with E-state index >= 15 is 0 Å². The zero-order valence-electron chi connectivity index (χ0n) is 11.2. The lowest BCUT2D eigenvalue weighted by molar-refractivity contribution is -0.124. The summed E-state index contributed by atoms with van der Waals surface area (Å²) in [7, 11) is 1.71. The van der Waals surface area contributed by atoms with Crippen molar-refractivity contribution in [3.8, 4) is 0 Å². The molecule has 1 atom stereocenters. The van der Waals surface area contributed by atoms with Crippen LogP contribution < -0.4 is 5.32 Å². The first-order chi connectivity index (χ1) is 8.74. The monoisotopic (exact) mass is 250 g/mol. The van der Waals surface area contributed by atoms with Crippen molar-refractivity contribution in [2.75, 3.05) is 20.1 Å². The van der Waals surface area contributed by atoms with Crippen molar-refractivity contribution >= 4 is 5.91 Å². The Morgan fingerprint density at radius 3 is 3.17 bits per heavy atom. The van der Waals surface area contributed by atoms with E-state index in [-0.39, 0.29) is 11.8 Å². The molecule has 18 heavy (non-hydrogen) atoms. The highest BCUT2D eigenvalue weighted by molar-refractivity contribution is 5.78. The van der Waals surface area contributed by atoms with Gasteiger partial charge in [-0.2, -0.15) is 0 Å². The van der Waals surface area contributed by atoms with E-state index in [4.69, 9.17) is 0 Å². The quantitative estimate of drug-likeness (QED) is 0.843. The van der Waals surface area contributed by atoms with Crippen LogP contribution in [0.5, 0.6) is 0 Å². The first-order valence-corrected chi connectivity index (χ1v) is 6.68. The number of amides is 1.